The summed E-state index contributed by atoms with van der Waals surface area (Å²) in [6, 6.07) is 3.39. The SMILES string of the molecule is COc1cc(C)c(C)cc1S(=O)(=O)C(C)CN. The van der Waals surface area contributed by atoms with Gasteiger partial charge in [0, 0.05) is 6.54 Å². The molecular weight excluding hydrogens is 238 g/mol. The monoisotopic (exact) mass is 257 g/mol. The van der Waals surface area contributed by atoms with Gasteiger partial charge in [0.15, 0.2) is 9.84 Å². The van der Waals surface area contributed by atoms with E-state index < -0.39 is 15.1 Å². The molecule has 1 aromatic rings. The molecule has 1 aromatic carbocycles. The lowest BCUT2D eigenvalue weighted by Crippen LogP contribution is -2.27. The Morgan fingerprint density at radius 2 is 1.82 bits per heavy atom. The summed E-state index contributed by atoms with van der Waals surface area (Å²) in [7, 11) is -1.95. The molecule has 0 aliphatic heterocycles. The van der Waals surface area contributed by atoms with Crippen LogP contribution in [0, 0.1) is 13.8 Å². The number of aryl methyl sites for hydroxylation is 2. The fraction of sp³-hybridized carbons (Fsp3) is 0.500. The van der Waals surface area contributed by atoms with Crippen LogP contribution in [0.1, 0.15) is 18.1 Å². The number of ether oxygens (including phenoxy) is 1. The number of benzene rings is 1. The van der Waals surface area contributed by atoms with Crippen molar-refractivity contribution in [3.05, 3.63) is 23.3 Å². The molecule has 0 heterocycles. The number of hydrogen-bond donors (Lipinski definition) is 1. The van der Waals surface area contributed by atoms with Gasteiger partial charge in [-0.25, -0.2) is 8.42 Å². The summed E-state index contributed by atoms with van der Waals surface area (Å²) in [6.07, 6.45) is 0. The summed E-state index contributed by atoms with van der Waals surface area (Å²) >= 11 is 0. The van der Waals surface area contributed by atoms with Crippen LogP contribution in [0.4, 0.5) is 0 Å². The van der Waals surface area contributed by atoms with Crippen molar-refractivity contribution in [2.24, 2.45) is 5.73 Å². The Labute approximate surface area is 103 Å². The molecule has 0 bridgehead atoms. The molecule has 0 saturated heterocycles. The fourth-order valence-electron chi connectivity index (χ4n) is 1.49. The Morgan fingerprint density at radius 3 is 2.29 bits per heavy atom. The first kappa shape index (κ1) is 14.0. The maximum atomic E-state index is 12.2. The van der Waals surface area contributed by atoms with E-state index in [0.717, 1.165) is 11.1 Å². The first-order valence-corrected chi connectivity index (χ1v) is 6.98. The summed E-state index contributed by atoms with van der Waals surface area (Å²) in [4.78, 5) is 0.223. The molecule has 1 unspecified atom stereocenters. The van der Waals surface area contributed by atoms with E-state index in [9.17, 15) is 8.42 Å². The Morgan fingerprint density at radius 1 is 1.29 bits per heavy atom. The fourth-order valence-corrected chi connectivity index (χ4v) is 2.94. The minimum atomic E-state index is -3.42. The van der Waals surface area contributed by atoms with Gasteiger partial charge in [-0.15, -0.1) is 0 Å². The molecule has 0 saturated carbocycles. The lowest BCUT2D eigenvalue weighted by atomic mass is 10.1. The lowest BCUT2D eigenvalue weighted by Gasteiger charge is -2.15. The van der Waals surface area contributed by atoms with Gasteiger partial charge in [-0.2, -0.15) is 0 Å². The van der Waals surface area contributed by atoms with E-state index in [4.69, 9.17) is 10.5 Å². The third-order valence-corrected chi connectivity index (χ3v) is 5.13. The maximum Gasteiger partial charge on any atom is 0.185 e. The van der Waals surface area contributed by atoms with Crippen molar-refractivity contribution in [3.63, 3.8) is 0 Å². The van der Waals surface area contributed by atoms with E-state index >= 15 is 0 Å². The molecular formula is C12H19NO3S. The highest BCUT2D eigenvalue weighted by molar-refractivity contribution is 7.92. The maximum absolute atomic E-state index is 12.2. The number of sulfone groups is 1. The molecule has 5 heteroatoms. The minimum absolute atomic E-state index is 0.0956. The van der Waals surface area contributed by atoms with Crippen molar-refractivity contribution in [2.45, 2.75) is 30.9 Å². The van der Waals surface area contributed by atoms with Crippen molar-refractivity contribution < 1.29 is 13.2 Å². The molecule has 0 aromatic heterocycles. The highest BCUT2D eigenvalue weighted by atomic mass is 32.2. The van der Waals surface area contributed by atoms with Gasteiger partial charge in [-0.05, 0) is 44.0 Å². The predicted molar refractivity (Wildman–Crippen MR) is 68.2 cm³/mol. The van der Waals surface area contributed by atoms with E-state index in [1.807, 2.05) is 13.8 Å². The molecule has 0 aliphatic rings. The first-order chi connectivity index (χ1) is 7.84. The smallest absolute Gasteiger partial charge is 0.185 e. The Kier molecular flexibility index (Phi) is 4.16. The average molecular weight is 257 g/mol. The van der Waals surface area contributed by atoms with Crippen LogP contribution >= 0.6 is 0 Å². The largest absolute Gasteiger partial charge is 0.495 e. The van der Waals surface area contributed by atoms with Crippen LogP contribution in [0.5, 0.6) is 5.75 Å². The van der Waals surface area contributed by atoms with Crippen LogP contribution in [-0.4, -0.2) is 27.3 Å². The Hall–Kier alpha value is -1.07. The number of rotatable bonds is 4. The minimum Gasteiger partial charge on any atom is -0.495 e. The standard InChI is InChI=1S/C12H19NO3S/c1-8-5-11(16-4)12(6-9(8)2)17(14,15)10(3)7-13/h5-6,10H,7,13H2,1-4H3. The Bertz CT molecular complexity index is 509. The second kappa shape index (κ2) is 5.06. The van der Waals surface area contributed by atoms with Gasteiger partial charge in [0.1, 0.15) is 10.6 Å². The first-order valence-electron chi connectivity index (χ1n) is 5.43. The van der Waals surface area contributed by atoms with Gasteiger partial charge in [-0.3, -0.25) is 0 Å². The molecule has 96 valence electrons. The molecule has 4 nitrogen and oxygen atoms in total. The van der Waals surface area contributed by atoms with Crippen molar-refractivity contribution in [1.82, 2.24) is 0 Å². The van der Waals surface area contributed by atoms with Gasteiger partial charge >= 0.3 is 0 Å². The highest BCUT2D eigenvalue weighted by Gasteiger charge is 2.26. The van der Waals surface area contributed by atoms with Crippen LogP contribution in [-0.2, 0) is 9.84 Å². The molecule has 1 rings (SSSR count). The van der Waals surface area contributed by atoms with E-state index in [1.165, 1.54) is 7.11 Å². The van der Waals surface area contributed by atoms with Gasteiger partial charge < -0.3 is 10.5 Å². The summed E-state index contributed by atoms with van der Waals surface area (Å²) in [5.41, 5.74) is 7.36. The van der Waals surface area contributed by atoms with Crippen LogP contribution in [0.3, 0.4) is 0 Å². The highest BCUT2D eigenvalue weighted by Crippen LogP contribution is 2.29. The van der Waals surface area contributed by atoms with Crippen molar-refractivity contribution in [3.8, 4) is 5.75 Å². The van der Waals surface area contributed by atoms with Gasteiger partial charge in [0.2, 0.25) is 0 Å². The third-order valence-electron chi connectivity index (χ3n) is 2.95. The van der Waals surface area contributed by atoms with Gasteiger partial charge in [0.05, 0.1) is 12.4 Å². The zero-order valence-corrected chi connectivity index (χ0v) is 11.5. The van der Waals surface area contributed by atoms with E-state index in [1.54, 1.807) is 19.1 Å². The zero-order chi connectivity index (χ0) is 13.2. The molecule has 1 atom stereocenters. The Balaban J connectivity index is 3.45. The van der Waals surface area contributed by atoms with Crippen molar-refractivity contribution in [2.75, 3.05) is 13.7 Å². The number of nitrogens with two attached hydrogens (primary N) is 1. The molecule has 0 amide bonds. The van der Waals surface area contributed by atoms with Crippen molar-refractivity contribution >= 4 is 9.84 Å². The van der Waals surface area contributed by atoms with Gasteiger partial charge in [0.25, 0.3) is 0 Å². The summed E-state index contributed by atoms with van der Waals surface area (Å²) in [6.45, 7) is 5.49. The second-order valence-corrected chi connectivity index (χ2v) is 6.51. The number of hydrogen-bond acceptors (Lipinski definition) is 4. The topological polar surface area (TPSA) is 69.4 Å². The number of methoxy groups -OCH3 is 1. The van der Waals surface area contributed by atoms with E-state index in [-0.39, 0.29) is 11.4 Å². The third kappa shape index (κ3) is 2.61. The molecule has 0 fully saturated rings. The predicted octanol–water partition coefficient (Wildman–Crippen LogP) is 1.43. The van der Waals surface area contributed by atoms with E-state index in [0.29, 0.717) is 5.75 Å². The normalized spacial score (nSPS) is 13.5. The molecule has 2 N–H and O–H groups in total. The molecule has 17 heavy (non-hydrogen) atoms. The van der Waals surface area contributed by atoms with Crippen LogP contribution < -0.4 is 10.5 Å². The summed E-state index contributed by atoms with van der Waals surface area (Å²) in [5.74, 6) is 0.383. The zero-order valence-electron chi connectivity index (χ0n) is 10.6. The van der Waals surface area contributed by atoms with Crippen LogP contribution in [0.25, 0.3) is 0 Å². The quantitative estimate of drug-likeness (QED) is 0.886. The summed E-state index contributed by atoms with van der Waals surface area (Å²) < 4.78 is 29.6. The summed E-state index contributed by atoms with van der Waals surface area (Å²) in [5, 5.41) is -0.612. The van der Waals surface area contributed by atoms with E-state index in [2.05, 4.69) is 0 Å². The van der Waals surface area contributed by atoms with Gasteiger partial charge in [-0.1, -0.05) is 0 Å². The lowest BCUT2D eigenvalue weighted by molar-refractivity contribution is 0.402. The molecule has 0 aliphatic carbocycles. The molecule has 0 radical (unpaired) electrons. The van der Waals surface area contributed by atoms with Crippen molar-refractivity contribution in [1.29, 1.82) is 0 Å². The average Bonchev–Trinajstić information content (AvgIpc) is 2.30. The molecule has 0 spiro atoms. The van der Waals surface area contributed by atoms with Crippen LogP contribution in [0.15, 0.2) is 17.0 Å². The second-order valence-electron chi connectivity index (χ2n) is 4.18. The van der Waals surface area contributed by atoms with Crippen LogP contribution in [0.2, 0.25) is 0 Å².